The number of nitrogens with one attached hydrogen (secondary N) is 1. The summed E-state index contributed by atoms with van der Waals surface area (Å²) < 4.78 is 5.43. The minimum absolute atomic E-state index is 0.151. The van der Waals surface area contributed by atoms with E-state index < -0.39 is 5.97 Å². The molecule has 2 N–H and O–H groups in total. The summed E-state index contributed by atoms with van der Waals surface area (Å²) >= 11 is 6.00. The Hall–Kier alpha value is -2.01. The molecule has 0 spiro atoms. The molecule has 1 aromatic heterocycles. The highest BCUT2D eigenvalue weighted by atomic mass is 35.5. The van der Waals surface area contributed by atoms with Crippen molar-refractivity contribution in [3.8, 4) is 0 Å². The standard InChI is InChI=1S/C13H13ClN2O3/c1-7-8(2)19-12(16-7)6-15-11-4-3-9(13(17)18)5-10(11)14/h3-5,15H,6H2,1-2H3,(H,17,18). The molecule has 0 radical (unpaired) electrons. The second kappa shape index (κ2) is 5.32. The van der Waals surface area contributed by atoms with Gasteiger partial charge in [0.1, 0.15) is 5.76 Å². The van der Waals surface area contributed by atoms with Crippen molar-refractivity contribution < 1.29 is 14.3 Å². The van der Waals surface area contributed by atoms with Gasteiger partial charge in [0.25, 0.3) is 0 Å². The third kappa shape index (κ3) is 3.06. The highest BCUT2D eigenvalue weighted by Crippen LogP contribution is 2.23. The van der Waals surface area contributed by atoms with Gasteiger partial charge in [-0.1, -0.05) is 11.6 Å². The first-order chi connectivity index (χ1) is 8.97. The smallest absolute Gasteiger partial charge is 0.335 e. The summed E-state index contributed by atoms with van der Waals surface area (Å²) in [5.41, 5.74) is 1.64. The van der Waals surface area contributed by atoms with Crippen molar-refractivity contribution in [1.82, 2.24) is 4.98 Å². The number of oxazole rings is 1. The first kappa shape index (κ1) is 13.4. The van der Waals surface area contributed by atoms with Crippen molar-refractivity contribution in [2.45, 2.75) is 20.4 Å². The number of anilines is 1. The predicted octanol–water partition coefficient (Wildman–Crippen LogP) is 3.26. The Morgan fingerprint density at radius 1 is 1.47 bits per heavy atom. The lowest BCUT2D eigenvalue weighted by molar-refractivity contribution is 0.0697. The van der Waals surface area contributed by atoms with E-state index in [0.717, 1.165) is 11.5 Å². The van der Waals surface area contributed by atoms with Crippen LogP contribution in [-0.2, 0) is 6.54 Å². The topological polar surface area (TPSA) is 75.4 Å². The van der Waals surface area contributed by atoms with Crippen LogP contribution in [0.25, 0.3) is 0 Å². The van der Waals surface area contributed by atoms with Crippen LogP contribution in [0.4, 0.5) is 5.69 Å². The van der Waals surface area contributed by atoms with Gasteiger partial charge in [0.2, 0.25) is 5.89 Å². The van der Waals surface area contributed by atoms with Crippen LogP contribution in [0, 0.1) is 13.8 Å². The Bertz CT molecular complexity index is 603. The molecule has 0 fully saturated rings. The Morgan fingerprint density at radius 2 is 2.21 bits per heavy atom. The molecule has 0 aliphatic carbocycles. The number of hydrogen-bond donors (Lipinski definition) is 2. The third-order valence-electron chi connectivity index (χ3n) is 2.72. The Kier molecular flexibility index (Phi) is 3.76. The predicted molar refractivity (Wildman–Crippen MR) is 71.7 cm³/mol. The van der Waals surface area contributed by atoms with Crippen LogP contribution in [0.2, 0.25) is 5.02 Å². The molecule has 0 saturated carbocycles. The Morgan fingerprint density at radius 3 is 2.74 bits per heavy atom. The van der Waals surface area contributed by atoms with Gasteiger partial charge in [-0.3, -0.25) is 0 Å². The molecule has 0 aliphatic rings. The number of carbonyl (C=O) groups is 1. The van der Waals surface area contributed by atoms with Crippen LogP contribution < -0.4 is 5.32 Å². The van der Waals surface area contributed by atoms with Gasteiger partial charge in [-0.25, -0.2) is 9.78 Å². The number of halogens is 1. The maximum atomic E-state index is 10.8. The van der Waals surface area contributed by atoms with Crippen molar-refractivity contribution in [1.29, 1.82) is 0 Å². The molecule has 5 nitrogen and oxygen atoms in total. The number of hydrogen-bond acceptors (Lipinski definition) is 4. The van der Waals surface area contributed by atoms with Gasteiger partial charge in [-0.2, -0.15) is 0 Å². The second-order valence-corrected chi connectivity index (χ2v) is 4.51. The van der Waals surface area contributed by atoms with E-state index in [1.54, 1.807) is 6.07 Å². The Balaban J connectivity index is 2.09. The first-order valence-electron chi connectivity index (χ1n) is 5.67. The summed E-state index contributed by atoms with van der Waals surface area (Å²) in [7, 11) is 0. The molecule has 19 heavy (non-hydrogen) atoms. The van der Waals surface area contributed by atoms with Crippen molar-refractivity contribution in [2.75, 3.05) is 5.32 Å². The number of nitrogens with zero attached hydrogens (tertiary/aromatic N) is 1. The van der Waals surface area contributed by atoms with E-state index in [2.05, 4.69) is 10.3 Å². The number of rotatable bonds is 4. The van der Waals surface area contributed by atoms with Gasteiger partial charge in [-0.15, -0.1) is 0 Å². The minimum atomic E-state index is -1.01. The maximum Gasteiger partial charge on any atom is 0.335 e. The zero-order valence-corrected chi connectivity index (χ0v) is 11.3. The second-order valence-electron chi connectivity index (χ2n) is 4.10. The molecule has 6 heteroatoms. The van der Waals surface area contributed by atoms with Gasteiger partial charge >= 0.3 is 5.97 Å². The molecule has 2 rings (SSSR count). The van der Waals surface area contributed by atoms with Gasteiger partial charge < -0.3 is 14.8 Å². The van der Waals surface area contributed by atoms with Crippen molar-refractivity contribution in [2.24, 2.45) is 0 Å². The highest BCUT2D eigenvalue weighted by Gasteiger charge is 2.09. The lowest BCUT2D eigenvalue weighted by Gasteiger charge is -2.06. The zero-order valence-electron chi connectivity index (χ0n) is 10.5. The monoisotopic (exact) mass is 280 g/mol. The van der Waals surface area contributed by atoms with Crippen LogP contribution in [-0.4, -0.2) is 16.1 Å². The van der Waals surface area contributed by atoms with E-state index in [1.807, 2.05) is 13.8 Å². The number of aromatic nitrogens is 1. The quantitative estimate of drug-likeness (QED) is 0.899. The molecule has 2 aromatic rings. The van der Waals surface area contributed by atoms with Crippen molar-refractivity contribution >= 4 is 23.3 Å². The van der Waals surface area contributed by atoms with Crippen LogP contribution in [0.5, 0.6) is 0 Å². The van der Waals surface area contributed by atoms with Crippen LogP contribution >= 0.6 is 11.6 Å². The minimum Gasteiger partial charge on any atom is -0.478 e. The Labute approximate surface area is 115 Å². The SMILES string of the molecule is Cc1nc(CNc2ccc(C(=O)O)cc2Cl)oc1C. The van der Waals surface area contributed by atoms with Crippen molar-refractivity contribution in [3.05, 3.63) is 46.1 Å². The molecule has 1 heterocycles. The molecule has 0 saturated heterocycles. The fourth-order valence-electron chi connectivity index (χ4n) is 1.58. The van der Waals surface area contributed by atoms with Crippen LogP contribution in [0.15, 0.2) is 22.6 Å². The van der Waals surface area contributed by atoms with Gasteiger partial charge in [0.15, 0.2) is 0 Å². The number of benzene rings is 1. The van der Waals surface area contributed by atoms with Gasteiger partial charge in [0, 0.05) is 0 Å². The molecule has 100 valence electrons. The summed E-state index contributed by atoms with van der Waals surface area (Å²) in [5.74, 6) is 0.338. The normalized spacial score (nSPS) is 10.5. The highest BCUT2D eigenvalue weighted by molar-refractivity contribution is 6.33. The van der Waals surface area contributed by atoms with E-state index in [-0.39, 0.29) is 5.56 Å². The van der Waals surface area contributed by atoms with Crippen LogP contribution in [0.1, 0.15) is 27.7 Å². The number of carboxylic acids is 1. The summed E-state index contributed by atoms with van der Waals surface area (Å²) in [4.78, 5) is 15.0. The zero-order chi connectivity index (χ0) is 14.0. The largest absolute Gasteiger partial charge is 0.478 e. The fourth-order valence-corrected chi connectivity index (χ4v) is 1.82. The van der Waals surface area contributed by atoms with E-state index in [4.69, 9.17) is 21.1 Å². The molecule has 0 aliphatic heterocycles. The average Bonchev–Trinajstić information content (AvgIpc) is 2.67. The number of carboxylic acid groups (broad SMARTS) is 1. The molecule has 1 aromatic carbocycles. The molecule has 0 bridgehead atoms. The molecule has 0 unspecified atom stereocenters. The fraction of sp³-hybridized carbons (Fsp3) is 0.231. The summed E-state index contributed by atoms with van der Waals surface area (Å²) in [6, 6.07) is 4.51. The lowest BCUT2D eigenvalue weighted by Crippen LogP contribution is -2.02. The van der Waals surface area contributed by atoms with E-state index in [1.165, 1.54) is 12.1 Å². The lowest BCUT2D eigenvalue weighted by atomic mass is 10.2. The average molecular weight is 281 g/mol. The maximum absolute atomic E-state index is 10.8. The first-order valence-corrected chi connectivity index (χ1v) is 6.05. The van der Waals surface area contributed by atoms with E-state index >= 15 is 0 Å². The summed E-state index contributed by atoms with van der Waals surface area (Å²) in [6.45, 7) is 4.11. The van der Waals surface area contributed by atoms with Crippen LogP contribution in [0.3, 0.4) is 0 Å². The summed E-state index contributed by atoms with van der Waals surface area (Å²) in [5, 5.41) is 12.2. The number of aryl methyl sites for hydroxylation is 2. The molecule has 0 amide bonds. The molecule has 0 atom stereocenters. The van der Waals surface area contributed by atoms with Gasteiger partial charge in [0.05, 0.1) is 28.5 Å². The number of aromatic carboxylic acids is 1. The summed E-state index contributed by atoms with van der Waals surface area (Å²) in [6.07, 6.45) is 0. The van der Waals surface area contributed by atoms with Crippen molar-refractivity contribution in [3.63, 3.8) is 0 Å². The molecular formula is C13H13ClN2O3. The third-order valence-corrected chi connectivity index (χ3v) is 3.03. The molecular weight excluding hydrogens is 268 g/mol. The van der Waals surface area contributed by atoms with Gasteiger partial charge in [-0.05, 0) is 32.0 Å². The van der Waals surface area contributed by atoms with E-state index in [0.29, 0.717) is 23.1 Å². The van der Waals surface area contributed by atoms with E-state index in [9.17, 15) is 4.79 Å².